The summed E-state index contributed by atoms with van der Waals surface area (Å²) in [6.45, 7) is 3.59. The van der Waals surface area contributed by atoms with Gasteiger partial charge in [0.1, 0.15) is 18.1 Å². The lowest BCUT2D eigenvalue weighted by Crippen LogP contribution is -2.43. The minimum absolute atomic E-state index is 0.0187. The maximum atomic E-state index is 13.5. The number of unbranched alkanes of at least 4 members (excludes halogenated alkanes) is 1. The minimum Gasteiger partial charge on any atom is -0.494 e. The number of rotatable bonds is 12. The highest BCUT2D eigenvalue weighted by Gasteiger charge is 2.35. The van der Waals surface area contributed by atoms with E-state index in [4.69, 9.17) is 4.74 Å². The van der Waals surface area contributed by atoms with Gasteiger partial charge in [0.2, 0.25) is 5.91 Å². The monoisotopic (exact) mass is 494 g/mol. The lowest BCUT2D eigenvalue weighted by Gasteiger charge is -2.28. The van der Waals surface area contributed by atoms with Gasteiger partial charge < -0.3 is 14.5 Å². The van der Waals surface area contributed by atoms with Gasteiger partial charge in [0, 0.05) is 23.0 Å². The molecule has 2 amide bonds. The number of thiophene rings is 1. The first-order valence-corrected chi connectivity index (χ1v) is 13.0. The number of amides is 2. The number of ether oxygens (including phenoxy) is 1. The summed E-state index contributed by atoms with van der Waals surface area (Å²) in [7, 11) is 0. The summed E-state index contributed by atoms with van der Waals surface area (Å²) >= 11 is 1.58. The van der Waals surface area contributed by atoms with Gasteiger partial charge >= 0.3 is 0 Å². The molecule has 184 valence electrons. The van der Waals surface area contributed by atoms with Crippen molar-refractivity contribution in [2.45, 2.75) is 51.7 Å². The SMILES string of the molecule is CCCCOc1ccc(C(=O)N(CC(=O)N(Cc2ccc(F)cc2)Cc2cccs2)C2CC2)cc1. The van der Waals surface area contributed by atoms with E-state index in [2.05, 4.69) is 6.92 Å². The Bertz CT molecular complexity index is 1100. The lowest BCUT2D eigenvalue weighted by atomic mass is 10.1. The predicted molar refractivity (Wildman–Crippen MR) is 136 cm³/mol. The zero-order chi connectivity index (χ0) is 24.6. The normalized spacial score (nSPS) is 12.9. The molecular formula is C28H31FN2O3S. The van der Waals surface area contributed by atoms with Crippen molar-refractivity contribution in [3.05, 3.63) is 87.9 Å². The van der Waals surface area contributed by atoms with Crippen molar-refractivity contribution >= 4 is 23.2 Å². The molecule has 1 aromatic heterocycles. The zero-order valence-electron chi connectivity index (χ0n) is 20.0. The molecule has 0 aliphatic heterocycles. The average molecular weight is 495 g/mol. The van der Waals surface area contributed by atoms with Crippen LogP contribution in [0.1, 0.15) is 53.4 Å². The fourth-order valence-electron chi connectivity index (χ4n) is 3.83. The van der Waals surface area contributed by atoms with Crippen molar-refractivity contribution in [2.75, 3.05) is 13.2 Å². The van der Waals surface area contributed by atoms with E-state index in [1.54, 1.807) is 45.4 Å². The molecule has 3 aromatic rings. The van der Waals surface area contributed by atoms with Gasteiger partial charge in [-0.15, -0.1) is 11.3 Å². The molecule has 0 unspecified atom stereocenters. The molecular weight excluding hydrogens is 463 g/mol. The van der Waals surface area contributed by atoms with Crippen molar-refractivity contribution in [1.29, 1.82) is 0 Å². The summed E-state index contributed by atoms with van der Waals surface area (Å²) in [5, 5.41) is 1.98. The molecule has 5 nitrogen and oxygen atoms in total. The van der Waals surface area contributed by atoms with Crippen molar-refractivity contribution in [3.8, 4) is 5.75 Å². The van der Waals surface area contributed by atoms with Gasteiger partial charge in [-0.1, -0.05) is 31.5 Å². The summed E-state index contributed by atoms with van der Waals surface area (Å²) in [4.78, 5) is 31.3. The Morgan fingerprint density at radius 2 is 1.77 bits per heavy atom. The number of nitrogens with zero attached hydrogens (tertiary/aromatic N) is 2. The largest absolute Gasteiger partial charge is 0.494 e. The second kappa shape index (κ2) is 12.0. The second-order valence-electron chi connectivity index (χ2n) is 8.85. The van der Waals surface area contributed by atoms with Gasteiger partial charge in [-0.05, 0) is 72.7 Å². The van der Waals surface area contributed by atoms with Gasteiger partial charge in [-0.3, -0.25) is 9.59 Å². The van der Waals surface area contributed by atoms with E-state index in [-0.39, 0.29) is 30.2 Å². The molecule has 0 saturated heterocycles. The van der Waals surface area contributed by atoms with Crippen LogP contribution in [0.3, 0.4) is 0 Å². The molecule has 0 radical (unpaired) electrons. The van der Waals surface area contributed by atoms with Crippen LogP contribution in [0.4, 0.5) is 4.39 Å². The summed E-state index contributed by atoms with van der Waals surface area (Å²) in [5.41, 5.74) is 1.40. The molecule has 1 aliphatic rings. The van der Waals surface area contributed by atoms with Crippen molar-refractivity contribution in [3.63, 3.8) is 0 Å². The molecule has 7 heteroatoms. The lowest BCUT2D eigenvalue weighted by molar-refractivity contribution is -0.133. The number of halogens is 1. The quantitative estimate of drug-likeness (QED) is 0.295. The van der Waals surface area contributed by atoms with Crippen LogP contribution in [-0.4, -0.2) is 40.8 Å². The summed E-state index contributed by atoms with van der Waals surface area (Å²) in [6, 6.07) is 17.4. The van der Waals surface area contributed by atoms with Crippen LogP contribution in [0.2, 0.25) is 0 Å². The van der Waals surface area contributed by atoms with E-state index in [1.807, 2.05) is 29.6 Å². The number of hydrogen-bond acceptors (Lipinski definition) is 4. The van der Waals surface area contributed by atoms with E-state index in [0.717, 1.165) is 41.9 Å². The molecule has 0 atom stereocenters. The third-order valence-corrected chi connectivity index (χ3v) is 6.85. The Hall–Kier alpha value is -3.19. The third-order valence-electron chi connectivity index (χ3n) is 5.99. The van der Waals surface area contributed by atoms with Crippen molar-refractivity contribution in [2.24, 2.45) is 0 Å². The molecule has 0 bridgehead atoms. The maximum Gasteiger partial charge on any atom is 0.254 e. The van der Waals surface area contributed by atoms with Crippen LogP contribution < -0.4 is 4.74 Å². The summed E-state index contributed by atoms with van der Waals surface area (Å²) < 4.78 is 19.1. The Labute approximate surface area is 210 Å². The molecule has 0 spiro atoms. The van der Waals surface area contributed by atoms with E-state index < -0.39 is 0 Å². The minimum atomic E-state index is -0.308. The molecule has 35 heavy (non-hydrogen) atoms. The summed E-state index contributed by atoms with van der Waals surface area (Å²) in [6.07, 6.45) is 3.85. The topological polar surface area (TPSA) is 49.9 Å². The fourth-order valence-corrected chi connectivity index (χ4v) is 4.55. The molecule has 1 fully saturated rings. The van der Waals surface area contributed by atoms with Crippen molar-refractivity contribution < 1.29 is 18.7 Å². The first kappa shape index (κ1) is 24.9. The van der Waals surface area contributed by atoms with Gasteiger partial charge in [-0.2, -0.15) is 0 Å². The standard InChI is InChI=1S/C28H31FN2O3S/c1-2-3-16-34-25-14-8-22(9-15-25)28(33)31(24-12-13-24)20-27(32)30(19-26-5-4-17-35-26)18-21-6-10-23(29)11-7-21/h4-11,14-15,17,24H,2-3,12-13,16,18-20H2,1H3. The molecule has 1 heterocycles. The van der Waals surface area contributed by atoms with Crippen LogP contribution in [0.15, 0.2) is 66.0 Å². The maximum absolute atomic E-state index is 13.5. The number of benzene rings is 2. The summed E-state index contributed by atoms with van der Waals surface area (Å²) in [5.74, 6) is 0.170. The molecule has 1 aliphatic carbocycles. The first-order valence-electron chi connectivity index (χ1n) is 12.1. The predicted octanol–water partition coefficient (Wildman–Crippen LogP) is 5.90. The number of hydrogen-bond donors (Lipinski definition) is 0. The van der Waals surface area contributed by atoms with Crippen LogP contribution in [0, 0.1) is 5.82 Å². The second-order valence-corrected chi connectivity index (χ2v) is 9.88. The van der Waals surface area contributed by atoms with Crippen LogP contribution in [0.5, 0.6) is 5.75 Å². The van der Waals surface area contributed by atoms with E-state index in [1.165, 1.54) is 12.1 Å². The Morgan fingerprint density at radius 1 is 1.03 bits per heavy atom. The Morgan fingerprint density at radius 3 is 2.40 bits per heavy atom. The number of carbonyl (C=O) groups is 2. The van der Waals surface area contributed by atoms with Gasteiger partial charge in [0.25, 0.3) is 5.91 Å². The zero-order valence-corrected chi connectivity index (χ0v) is 20.8. The number of carbonyl (C=O) groups excluding carboxylic acids is 2. The average Bonchev–Trinajstić information content (AvgIpc) is 3.58. The highest BCUT2D eigenvalue weighted by atomic mass is 32.1. The van der Waals surface area contributed by atoms with Gasteiger partial charge in [-0.25, -0.2) is 4.39 Å². The van der Waals surface area contributed by atoms with Gasteiger partial charge in [0.15, 0.2) is 0 Å². The Kier molecular flexibility index (Phi) is 8.53. The van der Waals surface area contributed by atoms with Crippen molar-refractivity contribution in [1.82, 2.24) is 9.80 Å². The third kappa shape index (κ3) is 7.15. The van der Waals surface area contributed by atoms with Crippen LogP contribution in [-0.2, 0) is 17.9 Å². The van der Waals surface area contributed by atoms with Crippen LogP contribution in [0.25, 0.3) is 0 Å². The van der Waals surface area contributed by atoms with E-state index in [9.17, 15) is 14.0 Å². The van der Waals surface area contributed by atoms with E-state index >= 15 is 0 Å². The molecule has 2 aromatic carbocycles. The van der Waals surface area contributed by atoms with E-state index in [0.29, 0.717) is 25.3 Å². The first-order chi connectivity index (χ1) is 17.0. The molecule has 0 N–H and O–H groups in total. The Balaban J connectivity index is 1.46. The fraction of sp³-hybridized carbons (Fsp3) is 0.357. The molecule has 1 saturated carbocycles. The van der Waals surface area contributed by atoms with Gasteiger partial charge in [0.05, 0.1) is 13.2 Å². The smallest absolute Gasteiger partial charge is 0.254 e. The highest BCUT2D eigenvalue weighted by Crippen LogP contribution is 2.29. The van der Waals surface area contributed by atoms with Crippen LogP contribution >= 0.6 is 11.3 Å². The highest BCUT2D eigenvalue weighted by molar-refractivity contribution is 7.09. The molecule has 4 rings (SSSR count).